The second kappa shape index (κ2) is 3.96. The monoisotopic (exact) mass is 205 g/mol. The van der Waals surface area contributed by atoms with Crippen LogP contribution in [-0.4, -0.2) is 26.0 Å². The maximum absolute atomic E-state index is 11.2. The van der Waals surface area contributed by atoms with Crippen LogP contribution in [0.15, 0.2) is 0 Å². The van der Waals surface area contributed by atoms with Gasteiger partial charge in [-0.1, -0.05) is 12.8 Å². The van der Waals surface area contributed by atoms with E-state index >= 15 is 0 Å². The van der Waals surface area contributed by atoms with Gasteiger partial charge in [-0.05, 0) is 25.7 Å². The molecule has 1 fully saturated rings. The Balaban J connectivity index is 2.61. The second-order valence-corrected chi connectivity index (χ2v) is 6.56. The van der Waals surface area contributed by atoms with E-state index in [1.54, 1.807) is 6.92 Å². The van der Waals surface area contributed by atoms with Crippen LogP contribution in [-0.2, 0) is 9.84 Å². The molecule has 0 spiro atoms. The lowest BCUT2D eigenvalue weighted by Crippen LogP contribution is -2.42. The number of sulfone groups is 1. The third-order valence-electron chi connectivity index (χ3n) is 3.16. The van der Waals surface area contributed by atoms with Gasteiger partial charge in [0.05, 0.1) is 5.25 Å². The Labute approximate surface area is 80.6 Å². The summed E-state index contributed by atoms with van der Waals surface area (Å²) < 4.78 is 22.5. The zero-order valence-corrected chi connectivity index (χ0v) is 9.18. The minimum atomic E-state index is -2.96. The standard InChI is InChI=1S/C9H19NO2S/c1-7(13(2,11)12)9(10)8-5-3-4-6-8/h7-9H,3-6,10H2,1-2H3. The molecule has 0 radical (unpaired) electrons. The maximum Gasteiger partial charge on any atom is 0.151 e. The minimum Gasteiger partial charge on any atom is -0.326 e. The fourth-order valence-corrected chi connectivity index (χ4v) is 2.80. The van der Waals surface area contributed by atoms with E-state index in [1.165, 1.54) is 19.1 Å². The number of rotatable bonds is 3. The summed E-state index contributed by atoms with van der Waals surface area (Å²) in [5, 5.41) is -0.393. The Morgan fingerprint density at radius 1 is 1.31 bits per heavy atom. The van der Waals surface area contributed by atoms with Gasteiger partial charge in [-0.2, -0.15) is 0 Å². The predicted octanol–water partition coefficient (Wildman–Crippen LogP) is 0.937. The highest BCUT2D eigenvalue weighted by Crippen LogP contribution is 2.29. The molecule has 78 valence electrons. The summed E-state index contributed by atoms with van der Waals surface area (Å²) in [5.41, 5.74) is 5.93. The summed E-state index contributed by atoms with van der Waals surface area (Å²) in [6.45, 7) is 1.72. The molecular weight excluding hydrogens is 186 g/mol. The molecular formula is C9H19NO2S. The highest BCUT2D eigenvalue weighted by Gasteiger charge is 2.31. The van der Waals surface area contributed by atoms with E-state index in [2.05, 4.69) is 0 Å². The molecule has 4 heteroatoms. The van der Waals surface area contributed by atoms with E-state index in [4.69, 9.17) is 5.73 Å². The Bertz CT molecular complexity index is 255. The van der Waals surface area contributed by atoms with Gasteiger partial charge in [0.25, 0.3) is 0 Å². The van der Waals surface area contributed by atoms with Crippen LogP contribution in [0.3, 0.4) is 0 Å². The van der Waals surface area contributed by atoms with Crippen LogP contribution < -0.4 is 5.73 Å². The third kappa shape index (κ3) is 2.68. The van der Waals surface area contributed by atoms with Crippen molar-refractivity contribution in [3.63, 3.8) is 0 Å². The summed E-state index contributed by atoms with van der Waals surface area (Å²) in [7, 11) is -2.96. The molecule has 0 aromatic rings. The van der Waals surface area contributed by atoms with Crippen molar-refractivity contribution < 1.29 is 8.42 Å². The summed E-state index contributed by atoms with van der Waals surface area (Å²) in [6.07, 6.45) is 5.87. The molecule has 0 heterocycles. The zero-order chi connectivity index (χ0) is 10.1. The molecule has 0 aliphatic heterocycles. The smallest absolute Gasteiger partial charge is 0.151 e. The first-order chi connectivity index (χ1) is 5.93. The van der Waals surface area contributed by atoms with Gasteiger partial charge in [0, 0.05) is 12.3 Å². The van der Waals surface area contributed by atoms with Gasteiger partial charge in [0.15, 0.2) is 9.84 Å². The van der Waals surface area contributed by atoms with Crippen LogP contribution in [0, 0.1) is 5.92 Å². The van der Waals surface area contributed by atoms with Gasteiger partial charge in [0.1, 0.15) is 0 Å². The lowest BCUT2D eigenvalue weighted by Gasteiger charge is -2.23. The average Bonchev–Trinajstić information content (AvgIpc) is 2.51. The molecule has 2 N–H and O–H groups in total. The first kappa shape index (κ1) is 11.0. The topological polar surface area (TPSA) is 60.2 Å². The molecule has 3 nitrogen and oxygen atoms in total. The van der Waals surface area contributed by atoms with Gasteiger partial charge in [0.2, 0.25) is 0 Å². The normalized spacial score (nSPS) is 24.5. The summed E-state index contributed by atoms with van der Waals surface area (Å²) in [5.74, 6) is 0.421. The lowest BCUT2D eigenvalue weighted by atomic mass is 9.97. The van der Waals surface area contributed by atoms with E-state index in [9.17, 15) is 8.42 Å². The van der Waals surface area contributed by atoms with Gasteiger partial charge in [-0.25, -0.2) is 8.42 Å². The second-order valence-electron chi connectivity index (χ2n) is 4.16. The Morgan fingerprint density at radius 2 is 1.77 bits per heavy atom. The molecule has 0 bridgehead atoms. The van der Waals surface area contributed by atoms with Crippen molar-refractivity contribution in [2.75, 3.05) is 6.26 Å². The van der Waals surface area contributed by atoms with Crippen molar-refractivity contribution in [3.8, 4) is 0 Å². The highest BCUT2D eigenvalue weighted by molar-refractivity contribution is 7.91. The Hall–Kier alpha value is -0.0900. The maximum atomic E-state index is 11.2. The van der Waals surface area contributed by atoms with E-state index < -0.39 is 15.1 Å². The number of hydrogen-bond acceptors (Lipinski definition) is 3. The van der Waals surface area contributed by atoms with Crippen molar-refractivity contribution in [2.24, 2.45) is 11.7 Å². The summed E-state index contributed by atoms with van der Waals surface area (Å²) in [6, 6.07) is -0.169. The van der Waals surface area contributed by atoms with Crippen molar-refractivity contribution >= 4 is 9.84 Å². The predicted molar refractivity (Wildman–Crippen MR) is 54.2 cm³/mol. The Morgan fingerprint density at radius 3 is 2.15 bits per heavy atom. The SMILES string of the molecule is CC(C(N)C1CCCC1)S(C)(=O)=O. The van der Waals surface area contributed by atoms with Crippen molar-refractivity contribution in [3.05, 3.63) is 0 Å². The van der Waals surface area contributed by atoms with Crippen molar-refractivity contribution in [2.45, 2.75) is 43.9 Å². The summed E-state index contributed by atoms with van der Waals surface area (Å²) in [4.78, 5) is 0. The third-order valence-corrected chi connectivity index (χ3v) is 4.83. The highest BCUT2D eigenvalue weighted by atomic mass is 32.2. The van der Waals surface area contributed by atoms with E-state index in [0.29, 0.717) is 5.92 Å². The first-order valence-electron chi connectivity index (χ1n) is 4.87. The van der Waals surface area contributed by atoms with Gasteiger partial charge in [-0.3, -0.25) is 0 Å². The quantitative estimate of drug-likeness (QED) is 0.746. The van der Waals surface area contributed by atoms with E-state index in [1.807, 2.05) is 0 Å². The molecule has 0 amide bonds. The largest absolute Gasteiger partial charge is 0.326 e. The fourth-order valence-electron chi connectivity index (χ4n) is 2.01. The molecule has 1 rings (SSSR count). The van der Waals surface area contributed by atoms with Crippen LogP contribution in [0.2, 0.25) is 0 Å². The van der Waals surface area contributed by atoms with Crippen molar-refractivity contribution in [1.29, 1.82) is 0 Å². The average molecular weight is 205 g/mol. The van der Waals surface area contributed by atoms with Crippen LogP contribution >= 0.6 is 0 Å². The molecule has 2 unspecified atom stereocenters. The first-order valence-corrected chi connectivity index (χ1v) is 6.83. The van der Waals surface area contributed by atoms with Crippen LogP contribution in [0.5, 0.6) is 0 Å². The summed E-state index contributed by atoms with van der Waals surface area (Å²) >= 11 is 0. The minimum absolute atomic E-state index is 0.169. The van der Waals surface area contributed by atoms with E-state index in [0.717, 1.165) is 12.8 Å². The molecule has 1 saturated carbocycles. The number of nitrogens with two attached hydrogens (primary N) is 1. The van der Waals surface area contributed by atoms with Gasteiger partial charge in [-0.15, -0.1) is 0 Å². The molecule has 2 atom stereocenters. The molecule has 0 aromatic carbocycles. The van der Waals surface area contributed by atoms with Gasteiger partial charge >= 0.3 is 0 Å². The van der Waals surface area contributed by atoms with Crippen LogP contribution in [0.4, 0.5) is 0 Å². The molecule has 1 aliphatic rings. The molecule has 0 saturated heterocycles. The van der Waals surface area contributed by atoms with Crippen LogP contribution in [0.25, 0.3) is 0 Å². The molecule has 0 aromatic heterocycles. The van der Waals surface area contributed by atoms with Crippen LogP contribution in [0.1, 0.15) is 32.6 Å². The molecule has 13 heavy (non-hydrogen) atoms. The van der Waals surface area contributed by atoms with Crippen molar-refractivity contribution in [1.82, 2.24) is 0 Å². The van der Waals surface area contributed by atoms with E-state index in [-0.39, 0.29) is 6.04 Å². The zero-order valence-electron chi connectivity index (χ0n) is 8.36. The number of hydrogen-bond donors (Lipinski definition) is 1. The lowest BCUT2D eigenvalue weighted by molar-refractivity contribution is 0.418. The Kier molecular flexibility index (Phi) is 3.35. The van der Waals surface area contributed by atoms with Gasteiger partial charge < -0.3 is 5.73 Å². The molecule has 1 aliphatic carbocycles. The fraction of sp³-hybridized carbons (Fsp3) is 1.00.